The number of carbonyl (C=O) groups excluding carboxylic acids is 3. The Balaban J connectivity index is 4.20. The van der Waals surface area contributed by atoms with E-state index in [9.17, 15) is 19.5 Å². The van der Waals surface area contributed by atoms with E-state index in [1.807, 2.05) is 21.1 Å². The molecule has 8 nitrogen and oxygen atoms in total. The van der Waals surface area contributed by atoms with E-state index < -0.39 is 18.1 Å². The first-order valence-corrected chi connectivity index (χ1v) is 24.9. The van der Waals surface area contributed by atoms with Gasteiger partial charge in [0.2, 0.25) is 0 Å². The number of hydrogen-bond acceptors (Lipinski definition) is 7. The van der Waals surface area contributed by atoms with Crippen molar-refractivity contribution in [2.45, 2.75) is 244 Å². The van der Waals surface area contributed by atoms with E-state index in [0.717, 1.165) is 51.4 Å². The van der Waals surface area contributed by atoms with Gasteiger partial charge in [-0.15, -0.1) is 0 Å². The van der Waals surface area contributed by atoms with Gasteiger partial charge in [-0.3, -0.25) is 9.59 Å². The lowest BCUT2D eigenvalue weighted by molar-refractivity contribution is -0.889. The number of esters is 2. The predicted octanol–water partition coefficient (Wildman–Crippen LogP) is 12.7. The van der Waals surface area contributed by atoms with Gasteiger partial charge in [-0.05, 0) is 38.5 Å². The molecule has 0 fully saturated rings. The molecule has 0 saturated carbocycles. The molecule has 59 heavy (non-hydrogen) atoms. The fourth-order valence-corrected chi connectivity index (χ4v) is 7.52. The van der Waals surface area contributed by atoms with Crippen LogP contribution in [0.2, 0.25) is 0 Å². The lowest BCUT2D eigenvalue weighted by atomic mass is 10.0. The Bertz CT molecular complexity index is 1020. The normalized spacial score (nSPS) is 13.0. The number of allylic oxidation sites excluding steroid dienone is 4. The molecule has 0 aromatic carbocycles. The third kappa shape index (κ3) is 41.0. The van der Waals surface area contributed by atoms with Crippen LogP contribution in [0.5, 0.6) is 0 Å². The Morgan fingerprint density at radius 1 is 0.525 bits per heavy atom. The van der Waals surface area contributed by atoms with Gasteiger partial charge in [0, 0.05) is 19.3 Å². The topological polar surface area (TPSA) is 102 Å². The summed E-state index contributed by atoms with van der Waals surface area (Å²) in [4.78, 5) is 37.0. The fraction of sp³-hybridized carbons (Fsp3) is 0.863. The van der Waals surface area contributed by atoms with Crippen molar-refractivity contribution in [2.75, 3.05) is 41.0 Å². The van der Waals surface area contributed by atoms with E-state index in [1.165, 1.54) is 148 Å². The second-order valence-corrected chi connectivity index (χ2v) is 18.0. The van der Waals surface area contributed by atoms with Crippen molar-refractivity contribution in [3.05, 3.63) is 24.3 Å². The van der Waals surface area contributed by atoms with Gasteiger partial charge in [0.05, 0.1) is 40.3 Å². The molecule has 0 aliphatic heterocycles. The quantitative estimate of drug-likeness (QED) is 0.0260. The van der Waals surface area contributed by atoms with E-state index >= 15 is 0 Å². The molecular formula is C51H95NO7. The van der Waals surface area contributed by atoms with Gasteiger partial charge < -0.3 is 28.6 Å². The second kappa shape index (κ2) is 42.5. The number of ether oxygens (including phenoxy) is 3. The first kappa shape index (κ1) is 56.8. The van der Waals surface area contributed by atoms with Gasteiger partial charge in [-0.25, -0.2) is 0 Å². The number of nitrogens with zero attached hydrogens (tertiary/aromatic N) is 1. The van der Waals surface area contributed by atoms with Crippen LogP contribution in [0, 0.1) is 0 Å². The maximum atomic E-state index is 12.8. The lowest BCUT2D eigenvalue weighted by Crippen LogP contribution is -2.55. The van der Waals surface area contributed by atoms with Crippen molar-refractivity contribution in [1.29, 1.82) is 0 Å². The molecule has 0 heterocycles. The molecule has 2 unspecified atom stereocenters. The van der Waals surface area contributed by atoms with Crippen molar-refractivity contribution < 1.29 is 38.2 Å². The minimum absolute atomic E-state index is 0.0459. The Morgan fingerprint density at radius 3 is 1.39 bits per heavy atom. The first-order chi connectivity index (χ1) is 28.6. The van der Waals surface area contributed by atoms with Crippen LogP contribution in [0.15, 0.2) is 24.3 Å². The minimum atomic E-state index is -1.12. The Hall–Kier alpha value is -2.19. The van der Waals surface area contributed by atoms with Gasteiger partial charge in [0.25, 0.3) is 0 Å². The summed E-state index contributed by atoms with van der Waals surface area (Å²) in [6, 6.07) is -0.722. The number of carbonyl (C=O) groups is 3. The average Bonchev–Trinajstić information content (AvgIpc) is 3.19. The molecule has 0 saturated heterocycles. The summed E-state index contributed by atoms with van der Waals surface area (Å²) < 4.78 is 17.2. The predicted molar refractivity (Wildman–Crippen MR) is 245 cm³/mol. The third-order valence-electron chi connectivity index (χ3n) is 11.4. The second-order valence-electron chi connectivity index (χ2n) is 18.0. The summed E-state index contributed by atoms with van der Waals surface area (Å²) in [6.07, 6.45) is 47.7. The van der Waals surface area contributed by atoms with Gasteiger partial charge in [0.15, 0.2) is 6.10 Å². The van der Waals surface area contributed by atoms with Gasteiger partial charge in [0.1, 0.15) is 12.6 Å². The highest BCUT2D eigenvalue weighted by atomic mass is 16.6. The Labute approximate surface area is 364 Å². The molecule has 0 spiro atoms. The number of rotatable bonds is 45. The molecule has 0 aliphatic rings. The molecule has 0 amide bonds. The summed E-state index contributed by atoms with van der Waals surface area (Å²) in [5.74, 6) is -1.72. The number of quaternary nitrogens is 1. The summed E-state index contributed by atoms with van der Waals surface area (Å²) in [7, 11) is 5.42. The molecule has 0 aromatic heterocycles. The number of carboxylic acid groups (broad SMARTS) is 1. The smallest absolute Gasteiger partial charge is 0.306 e. The SMILES string of the molecule is CC/C=C/C/C=C/CCCCCCCCCCCCCCCCC(=O)OC(COCCC(C(=O)[O-])[N+](C)(C)C)COC(=O)CCCCCCCCCCCCCCCC. The van der Waals surface area contributed by atoms with Gasteiger partial charge >= 0.3 is 11.9 Å². The average molecular weight is 834 g/mol. The van der Waals surface area contributed by atoms with Crippen molar-refractivity contribution >= 4 is 17.9 Å². The Kier molecular flexibility index (Phi) is 40.9. The number of unbranched alkanes of at least 4 members (excludes halogenated alkanes) is 27. The van der Waals surface area contributed by atoms with Crippen LogP contribution in [0.1, 0.15) is 232 Å². The molecule has 0 rings (SSSR count). The van der Waals surface area contributed by atoms with Gasteiger partial charge in [-0.2, -0.15) is 0 Å². The molecule has 0 aromatic rings. The zero-order valence-electron chi connectivity index (χ0n) is 39.4. The van der Waals surface area contributed by atoms with Crippen LogP contribution in [-0.4, -0.2) is 75.5 Å². The standard InChI is InChI=1S/C51H95NO7/c1-6-8-10-12-14-16-18-20-22-23-24-25-26-27-28-30-32-34-36-38-40-42-50(54)59-47(45-57-44-43-48(51(55)56)52(3,4)5)46-58-49(53)41-39-37-35-33-31-29-21-19-17-15-13-11-9-7-2/h8,10,14,16,47-48H,6-7,9,11-13,15,17-46H2,1-5H3/b10-8+,16-14+. The maximum absolute atomic E-state index is 12.8. The molecular weight excluding hydrogens is 739 g/mol. The van der Waals surface area contributed by atoms with Crippen molar-refractivity contribution in [2.24, 2.45) is 0 Å². The first-order valence-electron chi connectivity index (χ1n) is 24.9. The largest absolute Gasteiger partial charge is 0.544 e. The summed E-state index contributed by atoms with van der Waals surface area (Å²) >= 11 is 0. The number of hydrogen-bond donors (Lipinski definition) is 0. The van der Waals surface area contributed by atoms with E-state index in [1.54, 1.807) is 0 Å². The van der Waals surface area contributed by atoms with Crippen LogP contribution in [0.3, 0.4) is 0 Å². The highest BCUT2D eigenvalue weighted by molar-refractivity contribution is 5.70. The third-order valence-corrected chi connectivity index (χ3v) is 11.4. The highest BCUT2D eigenvalue weighted by Gasteiger charge is 2.25. The maximum Gasteiger partial charge on any atom is 0.306 e. The molecule has 8 heteroatoms. The van der Waals surface area contributed by atoms with Crippen molar-refractivity contribution in [1.82, 2.24) is 0 Å². The Morgan fingerprint density at radius 2 is 0.949 bits per heavy atom. The van der Waals surface area contributed by atoms with Crippen LogP contribution in [0.4, 0.5) is 0 Å². The number of carboxylic acids is 1. The zero-order valence-corrected chi connectivity index (χ0v) is 39.4. The fourth-order valence-electron chi connectivity index (χ4n) is 7.52. The minimum Gasteiger partial charge on any atom is -0.544 e. The van der Waals surface area contributed by atoms with Gasteiger partial charge in [-0.1, -0.05) is 199 Å². The molecule has 0 bridgehead atoms. The molecule has 0 radical (unpaired) electrons. The summed E-state index contributed by atoms with van der Waals surface area (Å²) in [5.41, 5.74) is 0. The monoisotopic (exact) mass is 834 g/mol. The zero-order chi connectivity index (χ0) is 43.5. The molecule has 2 atom stereocenters. The molecule has 346 valence electrons. The summed E-state index contributed by atoms with van der Waals surface area (Å²) in [5, 5.41) is 11.6. The van der Waals surface area contributed by atoms with E-state index in [4.69, 9.17) is 14.2 Å². The van der Waals surface area contributed by atoms with Crippen LogP contribution in [0.25, 0.3) is 0 Å². The number of aliphatic carboxylic acids is 1. The van der Waals surface area contributed by atoms with Crippen molar-refractivity contribution in [3.63, 3.8) is 0 Å². The number of likely N-dealkylation sites (N-methyl/N-ethyl adjacent to an activating group) is 1. The van der Waals surface area contributed by atoms with E-state index in [-0.39, 0.29) is 42.7 Å². The van der Waals surface area contributed by atoms with Crippen LogP contribution < -0.4 is 5.11 Å². The van der Waals surface area contributed by atoms with E-state index in [2.05, 4.69) is 38.2 Å². The van der Waals surface area contributed by atoms with Crippen LogP contribution in [-0.2, 0) is 28.6 Å². The summed E-state index contributed by atoms with van der Waals surface area (Å²) in [6.45, 7) is 4.60. The molecule has 0 N–H and O–H groups in total. The van der Waals surface area contributed by atoms with Crippen molar-refractivity contribution in [3.8, 4) is 0 Å². The lowest BCUT2D eigenvalue weighted by Gasteiger charge is -2.34. The molecule has 0 aliphatic carbocycles. The highest BCUT2D eigenvalue weighted by Crippen LogP contribution is 2.16. The van der Waals surface area contributed by atoms with E-state index in [0.29, 0.717) is 12.8 Å². The van der Waals surface area contributed by atoms with Crippen LogP contribution >= 0.6 is 0 Å².